The molecule has 4 rings (SSSR count). The third-order valence-corrected chi connectivity index (χ3v) is 6.19. The number of ether oxygens (including phenoxy) is 1. The van der Waals surface area contributed by atoms with Crippen molar-refractivity contribution < 1.29 is 9.84 Å². The maximum absolute atomic E-state index is 9.64. The summed E-state index contributed by atoms with van der Waals surface area (Å²) in [7, 11) is 0. The zero-order valence-corrected chi connectivity index (χ0v) is 13.3. The molecule has 1 spiro atoms. The molecule has 3 aliphatic heterocycles. The monoisotopic (exact) mass is 327 g/mol. The van der Waals surface area contributed by atoms with Crippen LogP contribution in [-0.2, 0) is 11.3 Å². The summed E-state index contributed by atoms with van der Waals surface area (Å²) < 4.78 is 6.25. The number of rotatable bonds is 3. The van der Waals surface area contributed by atoms with Gasteiger partial charge in [-0.25, -0.2) is 0 Å². The normalized spacial score (nSPS) is 38.1. The van der Waals surface area contributed by atoms with Gasteiger partial charge in [0.05, 0.1) is 21.8 Å². The Labute approximate surface area is 134 Å². The number of aliphatic hydroxyl groups is 1. The molecule has 1 aromatic carbocycles. The van der Waals surface area contributed by atoms with Gasteiger partial charge in [0.2, 0.25) is 0 Å². The first-order chi connectivity index (χ1) is 10.1. The minimum atomic E-state index is -0.00567. The molecule has 1 aromatic rings. The van der Waals surface area contributed by atoms with Crippen LogP contribution < -0.4 is 0 Å². The van der Waals surface area contributed by atoms with Crippen molar-refractivity contribution >= 4 is 23.2 Å². The Morgan fingerprint density at radius 2 is 2.19 bits per heavy atom. The number of nitrogens with zero attached hydrogens (tertiary/aromatic N) is 1. The predicted octanol–water partition coefficient (Wildman–Crippen LogP) is 2.97. The molecular formula is C16H19Cl2NO2. The first-order valence-electron chi connectivity index (χ1n) is 7.56. The minimum Gasteiger partial charge on any atom is -0.396 e. The molecule has 2 bridgehead atoms. The van der Waals surface area contributed by atoms with Crippen molar-refractivity contribution in [2.45, 2.75) is 31.1 Å². The SMILES string of the molecule is OC[C@H]1[C@H]2CN(Cc3ccc(Cl)c(Cl)c3)C[C@]23CC[C@H]1O3. The quantitative estimate of drug-likeness (QED) is 0.926. The Balaban J connectivity index is 1.50. The number of likely N-dealkylation sites (tertiary alicyclic amines) is 1. The van der Waals surface area contributed by atoms with Crippen molar-refractivity contribution in [1.82, 2.24) is 4.90 Å². The van der Waals surface area contributed by atoms with Crippen LogP contribution in [0.25, 0.3) is 0 Å². The van der Waals surface area contributed by atoms with Crippen LogP contribution >= 0.6 is 23.2 Å². The Kier molecular flexibility index (Phi) is 3.47. The lowest BCUT2D eigenvalue weighted by atomic mass is 9.74. The molecule has 0 aromatic heterocycles. The zero-order chi connectivity index (χ0) is 14.6. The molecule has 0 unspecified atom stereocenters. The van der Waals surface area contributed by atoms with Gasteiger partial charge in [0.25, 0.3) is 0 Å². The zero-order valence-electron chi connectivity index (χ0n) is 11.8. The highest BCUT2D eigenvalue weighted by Crippen LogP contribution is 2.54. The van der Waals surface area contributed by atoms with Crippen LogP contribution in [0.2, 0.25) is 10.0 Å². The van der Waals surface area contributed by atoms with Crippen molar-refractivity contribution in [3.63, 3.8) is 0 Å². The van der Waals surface area contributed by atoms with Gasteiger partial charge in [-0.05, 0) is 30.5 Å². The van der Waals surface area contributed by atoms with E-state index in [0.717, 1.165) is 32.5 Å². The van der Waals surface area contributed by atoms with Crippen LogP contribution in [0, 0.1) is 11.8 Å². The Morgan fingerprint density at radius 1 is 1.33 bits per heavy atom. The van der Waals surface area contributed by atoms with E-state index < -0.39 is 0 Å². The number of fused-ring (bicyclic) bond motifs is 1. The molecule has 0 aliphatic carbocycles. The molecule has 21 heavy (non-hydrogen) atoms. The molecule has 5 heteroatoms. The molecule has 3 aliphatic rings. The summed E-state index contributed by atoms with van der Waals surface area (Å²) in [5.41, 5.74) is 1.17. The van der Waals surface area contributed by atoms with Crippen molar-refractivity contribution in [3.8, 4) is 0 Å². The van der Waals surface area contributed by atoms with Gasteiger partial charge in [-0.2, -0.15) is 0 Å². The molecule has 3 nitrogen and oxygen atoms in total. The molecule has 1 N–H and O–H groups in total. The minimum absolute atomic E-state index is 0.00567. The molecule has 3 heterocycles. The molecule has 4 atom stereocenters. The first kappa shape index (κ1) is 14.3. The van der Waals surface area contributed by atoms with Crippen LogP contribution in [0.5, 0.6) is 0 Å². The molecule has 3 fully saturated rings. The van der Waals surface area contributed by atoms with E-state index >= 15 is 0 Å². The van der Waals surface area contributed by atoms with E-state index in [2.05, 4.69) is 4.90 Å². The largest absolute Gasteiger partial charge is 0.396 e. The number of hydrogen-bond donors (Lipinski definition) is 1. The predicted molar refractivity (Wildman–Crippen MR) is 82.6 cm³/mol. The van der Waals surface area contributed by atoms with Crippen molar-refractivity contribution in [1.29, 1.82) is 0 Å². The maximum Gasteiger partial charge on any atom is 0.0858 e. The first-order valence-corrected chi connectivity index (χ1v) is 8.32. The van der Waals surface area contributed by atoms with E-state index in [4.69, 9.17) is 27.9 Å². The lowest BCUT2D eigenvalue weighted by molar-refractivity contribution is 0.000382. The summed E-state index contributed by atoms with van der Waals surface area (Å²) in [5.74, 6) is 0.793. The van der Waals surface area contributed by atoms with Gasteiger partial charge in [-0.3, -0.25) is 4.90 Å². The highest BCUT2D eigenvalue weighted by atomic mass is 35.5. The average molecular weight is 328 g/mol. The van der Waals surface area contributed by atoms with E-state index in [1.807, 2.05) is 18.2 Å². The van der Waals surface area contributed by atoms with Crippen molar-refractivity contribution in [3.05, 3.63) is 33.8 Å². The molecule has 0 radical (unpaired) electrons. The fourth-order valence-electron chi connectivity index (χ4n) is 4.55. The molecule has 3 saturated heterocycles. The molecule has 0 saturated carbocycles. The molecular weight excluding hydrogens is 309 g/mol. The van der Waals surface area contributed by atoms with Crippen molar-refractivity contribution in [2.24, 2.45) is 11.8 Å². The fourth-order valence-corrected chi connectivity index (χ4v) is 4.87. The van der Waals surface area contributed by atoms with Gasteiger partial charge < -0.3 is 9.84 Å². The van der Waals surface area contributed by atoms with Crippen LogP contribution in [0.1, 0.15) is 18.4 Å². The highest BCUT2D eigenvalue weighted by molar-refractivity contribution is 6.42. The number of benzene rings is 1. The standard InChI is InChI=1S/C16H19Cl2NO2/c17-13-2-1-10(5-14(13)18)6-19-7-12-11(8-20)15-3-4-16(12,9-19)21-15/h1-2,5,11-12,15,20H,3-4,6-9H2/t11-,12+,15+,16+/m0/s1. The number of halogens is 2. The molecule has 0 amide bonds. The second-order valence-corrected chi connectivity index (χ2v) is 7.45. The summed E-state index contributed by atoms with van der Waals surface area (Å²) >= 11 is 12.1. The maximum atomic E-state index is 9.64. The number of aliphatic hydroxyl groups excluding tert-OH is 1. The van der Waals surface area contributed by atoms with E-state index in [0.29, 0.717) is 21.9 Å². The number of hydrogen-bond acceptors (Lipinski definition) is 3. The third kappa shape index (κ3) is 2.22. The smallest absolute Gasteiger partial charge is 0.0858 e. The summed E-state index contributed by atoms with van der Waals surface area (Å²) in [6, 6.07) is 5.83. The van der Waals surface area contributed by atoms with E-state index in [1.54, 1.807) is 0 Å². The van der Waals surface area contributed by atoms with E-state index in [1.165, 1.54) is 5.56 Å². The summed E-state index contributed by atoms with van der Waals surface area (Å²) in [6.45, 7) is 3.08. The van der Waals surface area contributed by atoms with Gasteiger partial charge >= 0.3 is 0 Å². The Morgan fingerprint density at radius 3 is 2.95 bits per heavy atom. The van der Waals surface area contributed by atoms with E-state index in [9.17, 15) is 5.11 Å². The van der Waals surface area contributed by atoms with Crippen LogP contribution in [0.4, 0.5) is 0 Å². The second-order valence-electron chi connectivity index (χ2n) is 6.63. The summed E-state index contributed by atoms with van der Waals surface area (Å²) in [4.78, 5) is 2.43. The third-order valence-electron chi connectivity index (χ3n) is 5.46. The highest BCUT2D eigenvalue weighted by Gasteiger charge is 2.62. The van der Waals surface area contributed by atoms with Gasteiger partial charge in [-0.15, -0.1) is 0 Å². The Hall–Kier alpha value is -0.320. The van der Waals surface area contributed by atoms with E-state index in [-0.39, 0.29) is 18.3 Å². The topological polar surface area (TPSA) is 32.7 Å². The van der Waals surface area contributed by atoms with Crippen LogP contribution in [0.3, 0.4) is 0 Å². The van der Waals surface area contributed by atoms with Crippen LogP contribution in [-0.4, -0.2) is 41.4 Å². The van der Waals surface area contributed by atoms with Gasteiger partial charge in [0.1, 0.15) is 0 Å². The van der Waals surface area contributed by atoms with Gasteiger partial charge in [-0.1, -0.05) is 29.3 Å². The average Bonchev–Trinajstić information content (AvgIpc) is 3.09. The second kappa shape index (κ2) is 5.10. The summed E-state index contributed by atoms with van der Waals surface area (Å²) in [5, 5.41) is 10.8. The lowest BCUT2D eigenvalue weighted by Crippen LogP contribution is -2.37. The Bertz CT molecular complexity index is 567. The summed E-state index contributed by atoms with van der Waals surface area (Å²) in [6.07, 6.45) is 2.52. The van der Waals surface area contributed by atoms with Gasteiger partial charge in [0.15, 0.2) is 0 Å². The van der Waals surface area contributed by atoms with Crippen LogP contribution in [0.15, 0.2) is 18.2 Å². The molecule has 114 valence electrons. The fraction of sp³-hybridized carbons (Fsp3) is 0.625. The van der Waals surface area contributed by atoms with Gasteiger partial charge in [0, 0.05) is 38.1 Å². The van der Waals surface area contributed by atoms with Crippen molar-refractivity contribution in [2.75, 3.05) is 19.7 Å². The lowest BCUT2D eigenvalue weighted by Gasteiger charge is -2.28.